The van der Waals surface area contributed by atoms with Gasteiger partial charge in [0.05, 0.1) is 89.0 Å². The molecule has 0 spiro atoms. The van der Waals surface area contributed by atoms with Gasteiger partial charge in [-0.25, -0.2) is 49.2 Å². The number of ether oxygens (including phenoxy) is 9. The normalized spacial score (nSPS) is 26.1. The number of alkyl carbamates (subject to hydrolysis) is 1. The van der Waals surface area contributed by atoms with Crippen LogP contribution in [0.15, 0.2) is 121 Å². The zero-order valence-electron chi connectivity index (χ0n) is 77.6. The van der Waals surface area contributed by atoms with Crippen molar-refractivity contribution in [2.75, 3.05) is 128 Å². The number of ketones is 3. The van der Waals surface area contributed by atoms with E-state index in [4.69, 9.17) is 53.5 Å². The highest BCUT2D eigenvalue weighted by Crippen LogP contribution is 2.39. The van der Waals surface area contributed by atoms with Crippen molar-refractivity contribution in [1.82, 2.24) is 70.1 Å². The molecule has 1 aromatic carbocycles. The number of benzene rings is 1. The second kappa shape index (κ2) is 48.1. The summed E-state index contributed by atoms with van der Waals surface area (Å²) in [5.41, 5.74) is 14.9. The van der Waals surface area contributed by atoms with Crippen LogP contribution in [-0.4, -0.2) is 278 Å². The summed E-state index contributed by atoms with van der Waals surface area (Å²) in [5.74, 6) is -6.89. The fraction of sp³-hybridized carbons (Fsp3) is 0.567. The lowest BCUT2D eigenvalue weighted by Crippen LogP contribution is -2.60. The number of aromatic amines is 1. The number of nitrogens with two attached hydrogens (primary N) is 1. The van der Waals surface area contributed by atoms with E-state index in [0.717, 1.165) is 39.7 Å². The number of nitrogen functional groups attached to an aromatic ring is 1. The number of piperazine rings is 1. The summed E-state index contributed by atoms with van der Waals surface area (Å²) in [5, 5.41) is 36.0. The number of anilines is 3. The zero-order chi connectivity index (χ0) is 94.1. The van der Waals surface area contributed by atoms with Gasteiger partial charge in [0, 0.05) is 157 Å². The van der Waals surface area contributed by atoms with Crippen LogP contribution in [0.25, 0.3) is 33.3 Å². The summed E-state index contributed by atoms with van der Waals surface area (Å²) in [6.45, 7) is 17.8. The number of aromatic nitrogens is 10. The molecule has 6 aromatic heterocycles. The fourth-order valence-corrected chi connectivity index (χ4v) is 18.2. The molecule has 2 bridgehead atoms. The van der Waals surface area contributed by atoms with Crippen molar-refractivity contribution < 1.29 is 91.2 Å². The topological polar surface area (TPSA) is 447 Å². The van der Waals surface area contributed by atoms with Crippen LogP contribution in [0.4, 0.5) is 22.5 Å². The Morgan fingerprint density at radius 1 is 0.699 bits per heavy atom. The molecule has 6 aliphatic rings. The molecular formula is C97H129N17O19. The molecule has 13 rings (SSSR count). The van der Waals surface area contributed by atoms with Gasteiger partial charge >= 0.3 is 12.1 Å². The van der Waals surface area contributed by atoms with E-state index in [1.807, 2.05) is 81.9 Å². The number of carbonyl (C=O) groups excluding carboxylic acids is 8. The lowest BCUT2D eigenvalue weighted by molar-refractivity contribution is -0.265. The third-order valence-electron chi connectivity index (χ3n) is 26.2. The number of pyridine rings is 1. The molecule has 716 valence electrons. The Kier molecular flexibility index (Phi) is 35.9. The number of esters is 1. The Morgan fingerprint density at radius 2 is 1.41 bits per heavy atom. The van der Waals surface area contributed by atoms with Crippen LogP contribution in [0.2, 0.25) is 0 Å². The molecule has 36 nitrogen and oxygen atoms in total. The summed E-state index contributed by atoms with van der Waals surface area (Å²) in [6.07, 6.45) is 24.0. The molecule has 7 aromatic rings. The monoisotopic (exact) mass is 1840 g/mol. The molecule has 1 aliphatic carbocycles. The number of hydrogen-bond donors (Lipinski definition) is 6. The van der Waals surface area contributed by atoms with E-state index in [-0.39, 0.29) is 99.7 Å². The Morgan fingerprint density at radius 3 is 2.12 bits per heavy atom. The molecule has 1 saturated carbocycles. The first kappa shape index (κ1) is 99.3. The Balaban J connectivity index is 0.480. The van der Waals surface area contributed by atoms with Crippen molar-refractivity contribution >= 4 is 86.9 Å². The van der Waals surface area contributed by atoms with E-state index in [0.29, 0.717) is 207 Å². The highest BCUT2D eigenvalue weighted by atomic mass is 16.6. The molecule has 3 saturated heterocycles. The molecule has 5 aliphatic heterocycles. The predicted octanol–water partition coefficient (Wildman–Crippen LogP) is 9.24. The van der Waals surface area contributed by atoms with Crippen LogP contribution < -0.4 is 26.2 Å². The minimum absolute atomic E-state index is 0.0155. The lowest BCUT2D eigenvalue weighted by atomic mass is 9.83. The maximum absolute atomic E-state index is 14.6. The Hall–Kier alpha value is -11.2. The van der Waals surface area contributed by atoms with Gasteiger partial charge in [-0.1, -0.05) is 82.4 Å². The molecule has 7 N–H and O–H groups in total. The number of nitrogens with zero attached hydrogens (tertiary/aromatic N) is 13. The number of allylic oxidation sites excluding steroid dienone is 6. The smallest absolute Gasteiger partial charge is 0.407 e. The van der Waals surface area contributed by atoms with Crippen LogP contribution in [-0.2, 0) is 97.5 Å². The maximum Gasteiger partial charge on any atom is 0.407 e. The third-order valence-corrected chi connectivity index (χ3v) is 26.2. The number of hydrogen-bond acceptors (Lipinski definition) is 30. The molecular weight excluding hydrogens is 1710 g/mol. The van der Waals surface area contributed by atoms with E-state index in [1.54, 1.807) is 59.5 Å². The summed E-state index contributed by atoms with van der Waals surface area (Å²) in [6, 6.07) is 9.13. The molecule has 36 heteroatoms. The summed E-state index contributed by atoms with van der Waals surface area (Å²) in [4.78, 5) is 153. The predicted molar refractivity (Wildman–Crippen MR) is 494 cm³/mol. The molecule has 133 heavy (non-hydrogen) atoms. The number of amides is 4. The molecule has 11 atom stereocenters. The van der Waals surface area contributed by atoms with E-state index in [2.05, 4.69) is 68.7 Å². The number of H-pyrrole nitrogens is 1. The summed E-state index contributed by atoms with van der Waals surface area (Å²) >= 11 is 0. The number of piperidine rings is 1. The SMILES string of the molecule is CO[C@H]1CC2CC[C@@H](C)[C@@](O)(O2)C(=O)C(=O)N2CCCC[C@H]2C(=O)O[C@H](CC[C@H]2CC[C@H](OC(=O)NCc3cnc(N4CCN(c5ncc(C(=O)NCCOCCOCCOCCOCCC(=O)N6CCc7cc(Cn8nc(-c9cnc%10[nH]ccc%10c9)c9c(N)ncnc98)ccc7C6)cn5)CC4)nc3)CC2)CC(=O)[C@H](C)/C=C(\C)[C@@H](O)[C@@H](OC)C(=O)[C@H](C)C[C@H](C)/C=C/C=C/C=C/1C. The van der Waals surface area contributed by atoms with Crippen molar-refractivity contribution in [2.45, 2.75) is 212 Å². The number of rotatable bonds is 29. The number of Topliss-reactive ketones (excluding diaryl/α,β-unsaturated/α-hetero) is 3. The first-order valence-electron chi connectivity index (χ1n) is 46.7. The fourth-order valence-electron chi connectivity index (χ4n) is 18.2. The standard InChI is InChI=1S/C97H129N17O19/c1-61-14-10-9-11-15-62(2)80(125-7)51-77-23-17-66(6)97(124,133-77)87(119)92(121)113-32-13-12-16-78(113)93(122)131-76(50-79(115)63(3)47-65(5)85(118)86(126-8)84(117)64(4)46-61)26-21-67-19-24-75(25-20-67)132-96(123)106-54-69-52-102-94(103-53-69)110-34-36-111(37-35-110)95-104-56-74(57-105-95)91(120)100-31-39-128-41-43-130-45-44-129-42-40-127-38-29-81(116)112-33-28-70-48-68(18-22-72(70)59-112)58-114-90-82(88(98)107-60-108-90)83(109-114)73-49-71-27-30-99-89(71)101-55-73/h9-11,14-15,18,22,27,30,47-49,52-53,55-57,60-61,63-64,66-67,75-78,80,85-86,118,124H,12-13,16-17,19-21,23-26,28-29,31-46,50-51,54,58-59H2,1-8H3,(H,99,101)(H,100,120)(H,106,123)(H2,98,107,108)/b11-9+,14-10+,62-15+,65-47+/t61-,63-,64-,66-,67-,75-,76-,77?,78+,80+,85-,86+,97-/m1/s1. The highest BCUT2D eigenvalue weighted by Gasteiger charge is 2.53. The summed E-state index contributed by atoms with van der Waals surface area (Å²) < 4.78 is 54.4. The quantitative estimate of drug-likeness (QED) is 0.0110. The molecule has 0 radical (unpaired) electrons. The number of cyclic esters (lactones) is 1. The minimum atomic E-state index is -2.47. The number of fused-ring (bicyclic) bond motifs is 6. The number of carbonyl (C=O) groups is 8. The van der Waals surface area contributed by atoms with Crippen LogP contribution in [0.5, 0.6) is 0 Å². The van der Waals surface area contributed by atoms with Gasteiger partial charge in [0.1, 0.15) is 59.7 Å². The van der Waals surface area contributed by atoms with Crippen LogP contribution in [0.3, 0.4) is 0 Å². The number of nitrogens with one attached hydrogen (secondary N) is 3. The van der Waals surface area contributed by atoms with Crippen LogP contribution in [0, 0.1) is 29.6 Å². The molecule has 1 unspecified atom stereocenters. The molecule has 4 fully saturated rings. The first-order valence-corrected chi connectivity index (χ1v) is 46.7. The Bertz CT molecular complexity index is 5240. The lowest BCUT2D eigenvalue weighted by Gasteiger charge is -2.42. The van der Waals surface area contributed by atoms with Crippen molar-refractivity contribution in [3.05, 3.63) is 149 Å². The highest BCUT2D eigenvalue weighted by molar-refractivity contribution is 6.39. The average Bonchev–Trinajstić information content (AvgIpc) is 1.43. The van der Waals surface area contributed by atoms with Crippen molar-refractivity contribution in [3.8, 4) is 11.3 Å². The van der Waals surface area contributed by atoms with Crippen molar-refractivity contribution in [1.29, 1.82) is 0 Å². The van der Waals surface area contributed by atoms with Gasteiger partial charge in [-0.3, -0.25) is 28.8 Å². The molecule has 4 amide bonds. The van der Waals surface area contributed by atoms with Crippen LogP contribution in [0.1, 0.15) is 170 Å². The van der Waals surface area contributed by atoms with E-state index in [9.17, 15) is 48.6 Å². The van der Waals surface area contributed by atoms with Crippen molar-refractivity contribution in [2.24, 2.45) is 29.6 Å². The summed E-state index contributed by atoms with van der Waals surface area (Å²) in [7, 11) is 2.94. The Labute approximate surface area is 775 Å². The van der Waals surface area contributed by atoms with Crippen molar-refractivity contribution in [3.63, 3.8) is 0 Å². The van der Waals surface area contributed by atoms with E-state index in [1.165, 1.54) is 36.3 Å². The van der Waals surface area contributed by atoms with Gasteiger partial charge in [-0.15, -0.1) is 0 Å². The van der Waals surface area contributed by atoms with Gasteiger partial charge in [0.15, 0.2) is 11.4 Å². The molecule has 11 heterocycles. The van der Waals surface area contributed by atoms with Gasteiger partial charge in [-0.2, -0.15) is 5.10 Å². The number of aliphatic hydroxyl groups excluding tert-OH is 1. The van der Waals surface area contributed by atoms with Crippen LogP contribution >= 0.6 is 0 Å². The van der Waals surface area contributed by atoms with E-state index < -0.39 is 83.9 Å². The van der Waals surface area contributed by atoms with Gasteiger partial charge in [-0.05, 0) is 149 Å². The third kappa shape index (κ3) is 26.7. The maximum atomic E-state index is 14.6. The average molecular weight is 1840 g/mol. The number of aliphatic hydroxyl groups is 2. The van der Waals surface area contributed by atoms with E-state index >= 15 is 0 Å². The second-order valence-electron chi connectivity index (χ2n) is 35.8. The zero-order valence-corrected chi connectivity index (χ0v) is 77.6. The minimum Gasteiger partial charge on any atom is -0.460 e. The number of methoxy groups -OCH3 is 2. The first-order chi connectivity index (χ1) is 64.3. The largest absolute Gasteiger partial charge is 0.460 e. The second-order valence-corrected chi connectivity index (χ2v) is 35.8. The van der Waals surface area contributed by atoms with Gasteiger partial charge < -0.3 is 93.8 Å². The van der Waals surface area contributed by atoms with Gasteiger partial charge in [0.25, 0.3) is 17.6 Å². The van der Waals surface area contributed by atoms with Gasteiger partial charge in [0.2, 0.25) is 23.6 Å².